The van der Waals surface area contributed by atoms with Crippen LogP contribution in [0.25, 0.3) is 0 Å². The van der Waals surface area contributed by atoms with Gasteiger partial charge in [0.1, 0.15) is 0 Å². The molecule has 0 N–H and O–H groups in total. The molecule has 0 amide bonds. The Morgan fingerprint density at radius 1 is 1.36 bits per heavy atom. The molecular formula is C11H14O3. The number of allylic oxidation sites excluding steroid dienone is 2. The minimum Gasteiger partial charge on any atom is -0.324 e. The van der Waals surface area contributed by atoms with Gasteiger partial charge in [0.05, 0.1) is 0 Å². The van der Waals surface area contributed by atoms with Crippen LogP contribution in [-0.2, 0) is 14.3 Å². The molecule has 0 aromatic rings. The first-order chi connectivity index (χ1) is 6.77. The van der Waals surface area contributed by atoms with Gasteiger partial charge in [-0.15, -0.1) is 0 Å². The molecule has 1 unspecified atom stereocenters. The molecule has 3 aliphatic rings. The Bertz CT molecular complexity index is 302. The molecule has 1 atom stereocenters. The summed E-state index contributed by atoms with van der Waals surface area (Å²) in [5.74, 6) is 0.548. The Labute approximate surface area is 83.1 Å². The summed E-state index contributed by atoms with van der Waals surface area (Å²) in [4.78, 5) is 11.2. The van der Waals surface area contributed by atoms with Crippen molar-refractivity contribution in [3.63, 3.8) is 0 Å². The van der Waals surface area contributed by atoms with Crippen molar-refractivity contribution in [2.75, 3.05) is 6.79 Å². The minimum absolute atomic E-state index is 0.275. The number of rotatable bonds is 0. The molecule has 1 saturated carbocycles. The summed E-state index contributed by atoms with van der Waals surface area (Å²) in [5.41, 5.74) is 1.32. The predicted octanol–water partition coefficient (Wildman–Crippen LogP) is 1.78. The average molecular weight is 194 g/mol. The van der Waals surface area contributed by atoms with Gasteiger partial charge in [-0.1, -0.05) is 5.57 Å². The highest BCUT2D eigenvalue weighted by molar-refractivity contribution is 5.91. The van der Waals surface area contributed by atoms with Crippen LogP contribution in [0.15, 0.2) is 11.6 Å². The van der Waals surface area contributed by atoms with Crippen molar-refractivity contribution in [1.29, 1.82) is 0 Å². The van der Waals surface area contributed by atoms with Gasteiger partial charge in [-0.2, -0.15) is 0 Å². The molecule has 1 aliphatic heterocycles. The van der Waals surface area contributed by atoms with E-state index in [0.717, 1.165) is 25.7 Å². The van der Waals surface area contributed by atoms with Crippen LogP contribution in [0.3, 0.4) is 0 Å². The van der Waals surface area contributed by atoms with Gasteiger partial charge >= 0.3 is 0 Å². The van der Waals surface area contributed by atoms with Crippen LogP contribution in [0.2, 0.25) is 0 Å². The van der Waals surface area contributed by atoms with Gasteiger partial charge in [-0.05, 0) is 24.8 Å². The molecule has 1 saturated heterocycles. The fourth-order valence-electron chi connectivity index (χ4n) is 2.71. The lowest BCUT2D eigenvalue weighted by atomic mass is 9.74. The largest absolute Gasteiger partial charge is 0.324 e. The zero-order chi connectivity index (χ0) is 9.60. The molecule has 76 valence electrons. The highest BCUT2D eigenvalue weighted by Gasteiger charge is 2.46. The van der Waals surface area contributed by atoms with E-state index in [9.17, 15) is 4.79 Å². The Balaban J connectivity index is 1.79. The van der Waals surface area contributed by atoms with Crippen molar-refractivity contribution in [3.05, 3.63) is 11.6 Å². The maximum atomic E-state index is 11.2. The first-order valence-corrected chi connectivity index (χ1v) is 5.29. The number of fused-ring (bicyclic) bond motifs is 1. The van der Waals surface area contributed by atoms with E-state index in [-0.39, 0.29) is 5.79 Å². The Hall–Kier alpha value is -0.670. The van der Waals surface area contributed by atoms with Gasteiger partial charge in [0.15, 0.2) is 18.4 Å². The van der Waals surface area contributed by atoms with E-state index < -0.39 is 0 Å². The lowest BCUT2D eigenvalue weighted by Crippen LogP contribution is -2.50. The summed E-state index contributed by atoms with van der Waals surface area (Å²) in [5, 5.41) is 0. The zero-order valence-electron chi connectivity index (χ0n) is 8.12. The molecule has 2 fully saturated rings. The maximum Gasteiger partial charge on any atom is 0.174 e. The van der Waals surface area contributed by atoms with E-state index >= 15 is 0 Å². The first kappa shape index (κ1) is 8.62. The van der Waals surface area contributed by atoms with Crippen molar-refractivity contribution >= 4 is 5.78 Å². The van der Waals surface area contributed by atoms with Crippen LogP contribution in [0.4, 0.5) is 0 Å². The van der Waals surface area contributed by atoms with E-state index in [2.05, 4.69) is 0 Å². The highest BCUT2D eigenvalue weighted by atomic mass is 16.9. The van der Waals surface area contributed by atoms with Gasteiger partial charge in [0.2, 0.25) is 0 Å². The van der Waals surface area contributed by atoms with E-state index in [1.54, 1.807) is 0 Å². The van der Waals surface area contributed by atoms with Crippen LogP contribution in [0.1, 0.15) is 32.1 Å². The molecule has 0 aromatic heterocycles. The summed E-state index contributed by atoms with van der Waals surface area (Å²) in [6, 6.07) is 0. The van der Waals surface area contributed by atoms with E-state index in [1.165, 1.54) is 5.57 Å². The predicted molar refractivity (Wildman–Crippen MR) is 49.4 cm³/mol. The van der Waals surface area contributed by atoms with E-state index in [0.29, 0.717) is 24.9 Å². The molecule has 0 bridgehead atoms. The third kappa shape index (κ3) is 1.23. The van der Waals surface area contributed by atoms with Gasteiger partial charge in [-0.3, -0.25) is 4.79 Å². The SMILES string of the molecule is O=C1C=C2CCC3(CC2CC1)OCO3. The quantitative estimate of drug-likeness (QED) is 0.589. The van der Waals surface area contributed by atoms with Crippen molar-refractivity contribution in [1.82, 2.24) is 0 Å². The molecule has 3 heteroatoms. The van der Waals surface area contributed by atoms with Crippen LogP contribution in [-0.4, -0.2) is 18.4 Å². The maximum absolute atomic E-state index is 11.2. The van der Waals surface area contributed by atoms with Crippen LogP contribution < -0.4 is 0 Å². The minimum atomic E-state index is -0.275. The molecular weight excluding hydrogens is 180 g/mol. The van der Waals surface area contributed by atoms with Gasteiger partial charge in [-0.25, -0.2) is 0 Å². The summed E-state index contributed by atoms with van der Waals surface area (Å²) in [6.45, 7) is 0.449. The number of ether oxygens (including phenoxy) is 2. The second-order valence-electron chi connectivity index (χ2n) is 4.44. The number of hydrogen-bond donors (Lipinski definition) is 0. The Kier molecular flexibility index (Phi) is 1.79. The van der Waals surface area contributed by atoms with Crippen molar-refractivity contribution in [3.8, 4) is 0 Å². The van der Waals surface area contributed by atoms with Crippen LogP contribution >= 0.6 is 0 Å². The molecule has 3 rings (SSSR count). The van der Waals surface area contributed by atoms with Crippen molar-refractivity contribution in [2.24, 2.45) is 5.92 Å². The average Bonchev–Trinajstić information content (AvgIpc) is 2.15. The monoisotopic (exact) mass is 194 g/mol. The normalized spacial score (nSPS) is 34.7. The van der Waals surface area contributed by atoms with Crippen molar-refractivity contribution < 1.29 is 14.3 Å². The Morgan fingerprint density at radius 3 is 2.93 bits per heavy atom. The number of hydrogen-bond acceptors (Lipinski definition) is 3. The third-order valence-electron chi connectivity index (χ3n) is 3.61. The summed E-state index contributed by atoms with van der Waals surface area (Å²) in [6.07, 6.45) is 6.37. The Morgan fingerprint density at radius 2 is 2.21 bits per heavy atom. The molecule has 0 radical (unpaired) electrons. The van der Waals surface area contributed by atoms with E-state index in [1.807, 2.05) is 6.08 Å². The molecule has 3 nitrogen and oxygen atoms in total. The molecule has 1 heterocycles. The highest BCUT2D eigenvalue weighted by Crippen LogP contribution is 2.46. The topological polar surface area (TPSA) is 35.5 Å². The fraction of sp³-hybridized carbons (Fsp3) is 0.727. The van der Waals surface area contributed by atoms with Crippen LogP contribution in [0.5, 0.6) is 0 Å². The summed E-state index contributed by atoms with van der Waals surface area (Å²) < 4.78 is 11.0. The number of ketones is 1. The standard InChI is InChI=1S/C11H14O3/c12-10-2-1-9-6-11(13-7-14-11)4-3-8(9)5-10/h5,9H,1-4,6-7H2. The third-order valence-corrected chi connectivity index (χ3v) is 3.61. The van der Waals surface area contributed by atoms with Gasteiger partial charge in [0, 0.05) is 19.3 Å². The summed E-state index contributed by atoms with van der Waals surface area (Å²) in [7, 11) is 0. The smallest absolute Gasteiger partial charge is 0.174 e. The van der Waals surface area contributed by atoms with Gasteiger partial charge < -0.3 is 9.47 Å². The lowest BCUT2D eigenvalue weighted by molar-refractivity contribution is -0.408. The molecule has 0 aromatic carbocycles. The second-order valence-corrected chi connectivity index (χ2v) is 4.44. The number of carbonyl (C=O) groups is 1. The fourth-order valence-corrected chi connectivity index (χ4v) is 2.71. The molecule has 2 aliphatic carbocycles. The first-order valence-electron chi connectivity index (χ1n) is 5.29. The van der Waals surface area contributed by atoms with E-state index in [4.69, 9.17) is 9.47 Å². The number of carbonyl (C=O) groups excluding carboxylic acids is 1. The lowest BCUT2D eigenvalue weighted by Gasteiger charge is -2.48. The zero-order valence-corrected chi connectivity index (χ0v) is 8.12. The summed E-state index contributed by atoms with van der Waals surface area (Å²) >= 11 is 0. The second kappa shape index (κ2) is 2.91. The molecule has 14 heavy (non-hydrogen) atoms. The van der Waals surface area contributed by atoms with Crippen molar-refractivity contribution in [2.45, 2.75) is 37.9 Å². The van der Waals surface area contributed by atoms with Gasteiger partial charge in [0.25, 0.3) is 0 Å². The van der Waals surface area contributed by atoms with Crippen LogP contribution in [0, 0.1) is 5.92 Å². The molecule has 1 spiro atoms.